The first-order valence-electron chi connectivity index (χ1n) is 4.64. The molecule has 0 aromatic carbocycles. The summed E-state index contributed by atoms with van der Waals surface area (Å²) in [5.41, 5.74) is 0. The molecule has 1 aliphatic heterocycles. The number of allylic oxidation sites excluding steroid dienone is 3. The molecule has 12 heavy (non-hydrogen) atoms. The van der Waals surface area contributed by atoms with Crippen molar-refractivity contribution < 1.29 is 0 Å². The zero-order chi connectivity index (χ0) is 8.65. The van der Waals surface area contributed by atoms with Crippen molar-refractivity contribution >= 4 is 0 Å². The molecule has 0 radical (unpaired) electrons. The minimum Gasteiger partial charge on any atom is -0.314 e. The third-order valence-electron chi connectivity index (χ3n) is 2.01. The largest absolute Gasteiger partial charge is 0.314 e. The van der Waals surface area contributed by atoms with Gasteiger partial charge in [0.1, 0.15) is 0 Å². The van der Waals surface area contributed by atoms with E-state index in [2.05, 4.69) is 28.4 Å². The lowest BCUT2D eigenvalue weighted by atomic mass is 10.3. The quantitative estimate of drug-likeness (QED) is 0.630. The highest BCUT2D eigenvalue weighted by atomic mass is 15.2. The van der Waals surface area contributed by atoms with Crippen molar-refractivity contribution in [3.63, 3.8) is 0 Å². The highest BCUT2D eigenvalue weighted by Crippen LogP contribution is 1.91. The molecule has 0 aliphatic carbocycles. The number of hydrogen-bond acceptors (Lipinski definition) is 2. The van der Waals surface area contributed by atoms with Gasteiger partial charge >= 0.3 is 0 Å². The first-order chi connectivity index (χ1) is 5.93. The standard InChI is InChI=1S/C10H18N2/c1-2-3-4-5-8-12-9-6-11-7-10-12/h2-5,11H,6-10H2,1H3. The Morgan fingerprint density at radius 1 is 1.25 bits per heavy atom. The molecular formula is C10H18N2. The van der Waals surface area contributed by atoms with Gasteiger partial charge in [0.2, 0.25) is 0 Å². The van der Waals surface area contributed by atoms with Gasteiger partial charge in [-0.1, -0.05) is 24.3 Å². The summed E-state index contributed by atoms with van der Waals surface area (Å²) in [7, 11) is 0. The fraction of sp³-hybridized carbons (Fsp3) is 0.600. The van der Waals surface area contributed by atoms with Crippen LogP contribution in [-0.2, 0) is 0 Å². The zero-order valence-corrected chi connectivity index (χ0v) is 7.79. The predicted octanol–water partition coefficient (Wildman–Crippen LogP) is 1.02. The molecule has 1 fully saturated rings. The molecule has 0 atom stereocenters. The Labute approximate surface area is 74.9 Å². The molecule has 0 unspecified atom stereocenters. The van der Waals surface area contributed by atoms with Crippen molar-refractivity contribution in [3.05, 3.63) is 24.3 Å². The van der Waals surface area contributed by atoms with Gasteiger partial charge in [0.25, 0.3) is 0 Å². The summed E-state index contributed by atoms with van der Waals surface area (Å²) in [6.07, 6.45) is 8.45. The number of piperazine rings is 1. The third kappa shape index (κ3) is 3.69. The van der Waals surface area contributed by atoms with E-state index in [4.69, 9.17) is 0 Å². The Morgan fingerprint density at radius 3 is 2.67 bits per heavy atom. The van der Waals surface area contributed by atoms with Crippen molar-refractivity contribution in [2.75, 3.05) is 32.7 Å². The molecular weight excluding hydrogens is 148 g/mol. The lowest BCUT2D eigenvalue weighted by Gasteiger charge is -2.25. The average Bonchev–Trinajstić information content (AvgIpc) is 2.14. The normalized spacial score (nSPS) is 21.1. The summed E-state index contributed by atoms with van der Waals surface area (Å²) in [5.74, 6) is 0. The van der Waals surface area contributed by atoms with Gasteiger partial charge in [-0.15, -0.1) is 0 Å². The molecule has 0 spiro atoms. The maximum Gasteiger partial charge on any atom is 0.0167 e. The minimum atomic E-state index is 1.09. The van der Waals surface area contributed by atoms with Crippen LogP contribution in [0.5, 0.6) is 0 Å². The van der Waals surface area contributed by atoms with E-state index in [1.54, 1.807) is 0 Å². The van der Waals surface area contributed by atoms with Crippen LogP contribution in [0.1, 0.15) is 6.92 Å². The van der Waals surface area contributed by atoms with Crippen LogP contribution in [0.15, 0.2) is 24.3 Å². The van der Waals surface area contributed by atoms with E-state index in [9.17, 15) is 0 Å². The second kappa shape index (κ2) is 5.98. The first kappa shape index (κ1) is 9.49. The van der Waals surface area contributed by atoms with Crippen LogP contribution in [0.25, 0.3) is 0 Å². The van der Waals surface area contributed by atoms with Gasteiger partial charge < -0.3 is 5.32 Å². The Morgan fingerprint density at radius 2 is 2.00 bits per heavy atom. The van der Waals surface area contributed by atoms with E-state index >= 15 is 0 Å². The average molecular weight is 166 g/mol. The van der Waals surface area contributed by atoms with Crippen LogP contribution in [0.4, 0.5) is 0 Å². The minimum absolute atomic E-state index is 1.09. The lowest BCUT2D eigenvalue weighted by molar-refractivity contribution is 0.265. The molecule has 2 heteroatoms. The maximum absolute atomic E-state index is 3.34. The van der Waals surface area contributed by atoms with E-state index in [1.165, 1.54) is 13.1 Å². The zero-order valence-electron chi connectivity index (χ0n) is 7.79. The van der Waals surface area contributed by atoms with Gasteiger partial charge in [0, 0.05) is 32.7 Å². The topological polar surface area (TPSA) is 15.3 Å². The lowest BCUT2D eigenvalue weighted by Crippen LogP contribution is -2.43. The highest BCUT2D eigenvalue weighted by molar-refractivity contribution is 5.02. The van der Waals surface area contributed by atoms with Crippen molar-refractivity contribution in [1.82, 2.24) is 10.2 Å². The van der Waals surface area contributed by atoms with Crippen molar-refractivity contribution in [1.29, 1.82) is 0 Å². The number of hydrogen-bond donors (Lipinski definition) is 1. The summed E-state index contributed by atoms with van der Waals surface area (Å²) in [6.45, 7) is 7.76. The fourth-order valence-electron chi connectivity index (χ4n) is 1.29. The van der Waals surface area contributed by atoms with E-state index in [-0.39, 0.29) is 0 Å². The summed E-state index contributed by atoms with van der Waals surface area (Å²) >= 11 is 0. The highest BCUT2D eigenvalue weighted by Gasteiger charge is 2.05. The molecule has 0 bridgehead atoms. The van der Waals surface area contributed by atoms with E-state index in [1.807, 2.05) is 13.0 Å². The number of rotatable bonds is 3. The molecule has 1 saturated heterocycles. The van der Waals surface area contributed by atoms with Gasteiger partial charge in [-0.05, 0) is 6.92 Å². The van der Waals surface area contributed by atoms with Crippen LogP contribution in [-0.4, -0.2) is 37.6 Å². The molecule has 0 aromatic rings. The summed E-state index contributed by atoms with van der Waals surface area (Å²) in [4.78, 5) is 2.45. The SMILES string of the molecule is CC=CC=CCN1CCNCC1. The van der Waals surface area contributed by atoms with Crippen LogP contribution >= 0.6 is 0 Å². The second-order valence-corrected chi connectivity index (χ2v) is 3.00. The monoisotopic (exact) mass is 166 g/mol. The molecule has 0 amide bonds. The van der Waals surface area contributed by atoms with Gasteiger partial charge in [0.15, 0.2) is 0 Å². The van der Waals surface area contributed by atoms with Crippen LogP contribution in [0, 0.1) is 0 Å². The summed E-state index contributed by atoms with van der Waals surface area (Å²) < 4.78 is 0. The summed E-state index contributed by atoms with van der Waals surface area (Å²) in [6, 6.07) is 0. The van der Waals surface area contributed by atoms with Gasteiger partial charge in [-0.3, -0.25) is 4.90 Å². The van der Waals surface area contributed by atoms with E-state index in [0.29, 0.717) is 0 Å². The van der Waals surface area contributed by atoms with Crippen molar-refractivity contribution in [2.45, 2.75) is 6.92 Å². The first-order valence-corrected chi connectivity index (χ1v) is 4.64. The van der Waals surface area contributed by atoms with Gasteiger partial charge in [-0.2, -0.15) is 0 Å². The Balaban J connectivity index is 2.12. The Bertz CT molecular complexity index is 155. The van der Waals surface area contributed by atoms with Gasteiger partial charge in [0.05, 0.1) is 0 Å². The molecule has 68 valence electrons. The smallest absolute Gasteiger partial charge is 0.0167 e. The van der Waals surface area contributed by atoms with Crippen molar-refractivity contribution in [2.24, 2.45) is 0 Å². The molecule has 1 N–H and O–H groups in total. The van der Waals surface area contributed by atoms with Gasteiger partial charge in [-0.25, -0.2) is 0 Å². The molecule has 1 aliphatic rings. The molecule has 1 rings (SSSR count). The second-order valence-electron chi connectivity index (χ2n) is 3.00. The molecule has 1 heterocycles. The van der Waals surface area contributed by atoms with Crippen LogP contribution in [0.3, 0.4) is 0 Å². The van der Waals surface area contributed by atoms with Crippen LogP contribution < -0.4 is 5.32 Å². The van der Waals surface area contributed by atoms with Crippen LogP contribution in [0.2, 0.25) is 0 Å². The Hall–Kier alpha value is -0.600. The maximum atomic E-state index is 3.34. The predicted molar refractivity (Wildman–Crippen MR) is 53.3 cm³/mol. The molecule has 2 nitrogen and oxygen atoms in total. The molecule has 0 aromatic heterocycles. The number of nitrogens with one attached hydrogen (secondary N) is 1. The fourth-order valence-corrected chi connectivity index (χ4v) is 1.29. The summed E-state index contributed by atoms with van der Waals surface area (Å²) in [5, 5.41) is 3.34. The Kier molecular flexibility index (Phi) is 4.73. The third-order valence-corrected chi connectivity index (χ3v) is 2.01. The number of nitrogens with zero attached hydrogens (tertiary/aromatic N) is 1. The van der Waals surface area contributed by atoms with E-state index in [0.717, 1.165) is 19.6 Å². The molecule has 0 saturated carbocycles. The van der Waals surface area contributed by atoms with E-state index < -0.39 is 0 Å². The van der Waals surface area contributed by atoms with Crippen molar-refractivity contribution in [3.8, 4) is 0 Å².